The molecule has 1 N–H and O–H groups in total. The fourth-order valence-corrected chi connectivity index (χ4v) is 5.90. The molecule has 0 saturated heterocycles. The van der Waals surface area contributed by atoms with Crippen molar-refractivity contribution < 1.29 is 4.79 Å². The van der Waals surface area contributed by atoms with Crippen molar-refractivity contribution in [1.82, 2.24) is 25.4 Å². The smallest absolute Gasteiger partial charge is 0.250 e. The molecule has 0 saturated carbocycles. The van der Waals surface area contributed by atoms with Gasteiger partial charge in [-0.25, -0.2) is 10.1 Å². The second-order valence-corrected chi connectivity index (χ2v) is 10.9. The monoisotopic (exact) mass is 508 g/mol. The molecule has 34 heavy (non-hydrogen) atoms. The molecule has 10 heteroatoms. The Kier molecular flexibility index (Phi) is 8.15. The van der Waals surface area contributed by atoms with Crippen LogP contribution < -0.4 is 5.43 Å². The van der Waals surface area contributed by atoms with Crippen molar-refractivity contribution in [3.8, 4) is 5.69 Å². The predicted octanol–water partition coefficient (Wildman–Crippen LogP) is 5.18. The number of carbonyl (C=O) groups excluding carboxylic acids is 1. The molecule has 4 aromatic rings. The van der Waals surface area contributed by atoms with Crippen LogP contribution in [0, 0.1) is 20.8 Å². The van der Waals surface area contributed by atoms with Crippen LogP contribution in [0.15, 0.2) is 68.4 Å². The van der Waals surface area contributed by atoms with E-state index in [1.54, 1.807) is 18.0 Å². The summed E-state index contributed by atoms with van der Waals surface area (Å²) in [6, 6.07) is 18.4. The van der Waals surface area contributed by atoms with Crippen molar-refractivity contribution >= 4 is 47.0 Å². The maximum absolute atomic E-state index is 12.2. The topological polar surface area (TPSA) is 85.1 Å². The van der Waals surface area contributed by atoms with E-state index in [0.29, 0.717) is 0 Å². The number of aromatic nitrogens is 4. The quantitative estimate of drug-likeness (QED) is 0.190. The highest BCUT2D eigenvalue weighted by Gasteiger charge is 2.12. The Morgan fingerprint density at radius 3 is 2.47 bits per heavy atom. The molecular weight excluding hydrogens is 485 g/mol. The first kappa shape index (κ1) is 24.2. The highest BCUT2D eigenvalue weighted by atomic mass is 32.2. The zero-order valence-corrected chi connectivity index (χ0v) is 21.5. The normalized spacial score (nSPS) is 11.3. The van der Waals surface area contributed by atoms with Gasteiger partial charge in [0.15, 0.2) is 8.68 Å². The lowest BCUT2D eigenvalue weighted by atomic mass is 10.2. The molecule has 0 aliphatic rings. The maximum atomic E-state index is 12.2. The fraction of sp³-hybridized carbons (Fsp3) is 0.208. The molecule has 174 valence electrons. The van der Waals surface area contributed by atoms with E-state index in [-0.39, 0.29) is 11.7 Å². The average molecular weight is 509 g/mol. The Labute approximate surface area is 211 Å². The van der Waals surface area contributed by atoms with Gasteiger partial charge in [0.1, 0.15) is 0 Å². The molecule has 4 rings (SSSR count). The lowest BCUT2D eigenvalue weighted by molar-refractivity contribution is -0.118. The van der Waals surface area contributed by atoms with E-state index in [0.717, 1.165) is 37.1 Å². The second kappa shape index (κ2) is 11.5. The van der Waals surface area contributed by atoms with Gasteiger partial charge < -0.3 is 0 Å². The van der Waals surface area contributed by atoms with E-state index in [1.807, 2.05) is 48.9 Å². The SMILES string of the molecule is Cc1ccc(CSc2nnc(SCC(=O)N/N=C\c3c(C)nn(-c4ccccc4)c3C)s2)cc1. The summed E-state index contributed by atoms with van der Waals surface area (Å²) in [6.07, 6.45) is 1.64. The highest BCUT2D eigenvalue weighted by molar-refractivity contribution is 8.03. The minimum Gasteiger partial charge on any atom is -0.272 e. The van der Waals surface area contributed by atoms with E-state index in [4.69, 9.17) is 0 Å². The Morgan fingerprint density at radius 1 is 1.03 bits per heavy atom. The van der Waals surface area contributed by atoms with Gasteiger partial charge in [-0.1, -0.05) is 82.9 Å². The summed E-state index contributed by atoms with van der Waals surface area (Å²) < 4.78 is 3.53. The summed E-state index contributed by atoms with van der Waals surface area (Å²) in [6.45, 7) is 5.99. The number of para-hydroxylation sites is 1. The molecule has 2 aromatic heterocycles. The summed E-state index contributed by atoms with van der Waals surface area (Å²) in [5.74, 6) is 0.862. The minimum atomic E-state index is -0.198. The van der Waals surface area contributed by atoms with Crippen molar-refractivity contribution in [3.63, 3.8) is 0 Å². The van der Waals surface area contributed by atoms with Crippen LogP contribution in [0.1, 0.15) is 28.1 Å². The van der Waals surface area contributed by atoms with Crippen molar-refractivity contribution in [2.45, 2.75) is 35.2 Å². The fourth-order valence-electron chi connectivity index (χ4n) is 3.13. The van der Waals surface area contributed by atoms with Crippen molar-refractivity contribution in [3.05, 3.63) is 82.7 Å². The van der Waals surface area contributed by atoms with Crippen LogP contribution in [0.4, 0.5) is 0 Å². The number of nitrogens with one attached hydrogen (secondary N) is 1. The minimum absolute atomic E-state index is 0.198. The van der Waals surface area contributed by atoms with Gasteiger partial charge >= 0.3 is 0 Å². The van der Waals surface area contributed by atoms with Gasteiger partial charge in [-0.2, -0.15) is 10.2 Å². The van der Waals surface area contributed by atoms with Gasteiger partial charge in [0.2, 0.25) is 0 Å². The molecule has 0 radical (unpaired) electrons. The molecule has 0 aliphatic carbocycles. The summed E-state index contributed by atoms with van der Waals surface area (Å²) in [5.41, 5.74) is 8.76. The number of rotatable bonds is 9. The van der Waals surface area contributed by atoms with E-state index in [9.17, 15) is 4.79 Å². The van der Waals surface area contributed by atoms with Crippen LogP contribution in [-0.2, 0) is 10.5 Å². The molecule has 0 aliphatic heterocycles. The first-order valence-corrected chi connectivity index (χ1v) is 13.4. The summed E-state index contributed by atoms with van der Waals surface area (Å²) in [4.78, 5) is 12.2. The van der Waals surface area contributed by atoms with E-state index >= 15 is 0 Å². The number of carbonyl (C=O) groups is 1. The number of hydrazone groups is 1. The molecule has 7 nitrogen and oxygen atoms in total. The van der Waals surface area contributed by atoms with Crippen LogP contribution in [0.3, 0.4) is 0 Å². The van der Waals surface area contributed by atoms with E-state index < -0.39 is 0 Å². The van der Waals surface area contributed by atoms with Crippen LogP contribution in [0.25, 0.3) is 5.69 Å². The predicted molar refractivity (Wildman–Crippen MR) is 140 cm³/mol. The zero-order chi connectivity index (χ0) is 23.9. The molecule has 0 bridgehead atoms. The molecule has 0 atom stereocenters. The second-order valence-electron chi connectivity index (χ2n) is 7.52. The Bertz CT molecular complexity index is 1280. The number of hydrogen-bond donors (Lipinski definition) is 1. The van der Waals surface area contributed by atoms with Crippen molar-refractivity contribution in [2.75, 3.05) is 5.75 Å². The highest BCUT2D eigenvalue weighted by Crippen LogP contribution is 2.30. The van der Waals surface area contributed by atoms with Crippen molar-refractivity contribution in [1.29, 1.82) is 0 Å². The summed E-state index contributed by atoms with van der Waals surface area (Å²) >= 11 is 4.50. The van der Waals surface area contributed by atoms with Gasteiger partial charge in [-0.05, 0) is 38.5 Å². The van der Waals surface area contributed by atoms with Gasteiger partial charge in [0.05, 0.1) is 29.0 Å². The van der Waals surface area contributed by atoms with Crippen molar-refractivity contribution in [2.24, 2.45) is 5.10 Å². The van der Waals surface area contributed by atoms with Gasteiger partial charge in [0, 0.05) is 11.3 Å². The lowest BCUT2D eigenvalue weighted by Gasteiger charge is -2.03. The van der Waals surface area contributed by atoms with E-state index in [2.05, 4.69) is 57.0 Å². The molecular formula is C24H24N6OS3. The van der Waals surface area contributed by atoms with Gasteiger partial charge in [-0.3, -0.25) is 4.79 Å². The number of nitrogens with zero attached hydrogens (tertiary/aromatic N) is 5. The Hall–Kier alpha value is -2.95. The van der Waals surface area contributed by atoms with Crippen LogP contribution in [-0.4, -0.2) is 37.9 Å². The molecule has 0 fully saturated rings. The first-order valence-electron chi connectivity index (χ1n) is 10.6. The Morgan fingerprint density at radius 2 is 1.74 bits per heavy atom. The molecule has 2 aromatic carbocycles. The third kappa shape index (κ3) is 6.34. The maximum Gasteiger partial charge on any atom is 0.250 e. The standard InChI is InChI=1S/C24H24N6OS3/c1-16-9-11-19(12-10-16)14-32-23-27-28-24(34-23)33-15-22(31)26-25-13-21-17(2)29-30(18(21)3)20-7-5-4-6-8-20/h4-13H,14-15H2,1-3H3,(H,26,31)/b25-13-. The summed E-state index contributed by atoms with van der Waals surface area (Å²) in [7, 11) is 0. The Balaban J connectivity index is 1.26. The van der Waals surface area contributed by atoms with Gasteiger partial charge in [0.25, 0.3) is 5.91 Å². The molecule has 0 spiro atoms. The molecule has 0 unspecified atom stereocenters. The third-order valence-corrected chi connectivity index (χ3v) is 8.19. The van der Waals surface area contributed by atoms with E-state index in [1.165, 1.54) is 34.2 Å². The summed E-state index contributed by atoms with van der Waals surface area (Å²) in [5, 5.41) is 17.1. The number of thioether (sulfide) groups is 2. The number of aryl methyl sites for hydroxylation is 2. The van der Waals surface area contributed by atoms with Crippen LogP contribution in [0.2, 0.25) is 0 Å². The zero-order valence-electron chi connectivity index (χ0n) is 19.1. The first-order chi connectivity index (χ1) is 16.5. The van der Waals surface area contributed by atoms with Gasteiger partial charge in [-0.15, -0.1) is 10.2 Å². The molecule has 1 amide bonds. The number of hydrogen-bond acceptors (Lipinski definition) is 8. The van der Waals surface area contributed by atoms with Crippen LogP contribution >= 0.6 is 34.9 Å². The average Bonchev–Trinajstić information content (AvgIpc) is 3.42. The molecule has 2 heterocycles. The lowest BCUT2D eigenvalue weighted by Crippen LogP contribution is -2.19. The number of benzene rings is 2. The third-order valence-electron chi connectivity index (χ3n) is 4.93. The largest absolute Gasteiger partial charge is 0.272 e. The van der Waals surface area contributed by atoms with Crippen LogP contribution in [0.5, 0.6) is 0 Å². The number of amides is 1.